The van der Waals surface area contributed by atoms with Gasteiger partial charge in [0, 0.05) is 19.1 Å². The topological polar surface area (TPSA) is 26.7 Å². The van der Waals surface area contributed by atoms with Crippen molar-refractivity contribution in [2.75, 3.05) is 33.7 Å². The highest BCUT2D eigenvalue weighted by atomic mass is 16.3. The first-order valence-corrected chi connectivity index (χ1v) is 7.49. The van der Waals surface area contributed by atoms with Gasteiger partial charge >= 0.3 is 0 Å². The average Bonchev–Trinajstić information content (AvgIpc) is 2.37. The second-order valence-electron chi connectivity index (χ2n) is 6.07. The molecule has 0 radical (unpaired) electrons. The van der Waals surface area contributed by atoms with Gasteiger partial charge in [0.15, 0.2) is 0 Å². The van der Waals surface area contributed by atoms with Crippen LogP contribution in [0.4, 0.5) is 0 Å². The molecule has 0 saturated carbocycles. The van der Waals surface area contributed by atoms with Crippen LogP contribution in [0.1, 0.15) is 36.6 Å². The molecular weight excluding hydrogens is 248 g/mol. The van der Waals surface area contributed by atoms with Gasteiger partial charge in [0.1, 0.15) is 0 Å². The Labute approximate surface area is 124 Å². The lowest BCUT2D eigenvalue weighted by molar-refractivity contribution is 0.0855. The van der Waals surface area contributed by atoms with E-state index in [-0.39, 0.29) is 0 Å². The van der Waals surface area contributed by atoms with Crippen LogP contribution < -0.4 is 0 Å². The second kappa shape index (κ2) is 7.77. The Morgan fingerprint density at radius 2 is 1.80 bits per heavy atom. The lowest BCUT2D eigenvalue weighted by Crippen LogP contribution is -2.42. The Hall–Kier alpha value is -0.900. The molecule has 2 unspecified atom stereocenters. The maximum atomic E-state index is 10.6. The standard InChI is InChI=1S/C17H30N2O/c1-7-19(15(4)11-18(5)6)12-17(20)16-10-13(2)8-9-14(16)3/h8-10,15,17,20H,7,11-12H2,1-6H3. The number of rotatable bonds is 7. The summed E-state index contributed by atoms with van der Waals surface area (Å²) in [6.07, 6.45) is -0.417. The molecule has 0 fully saturated rings. The summed E-state index contributed by atoms with van der Waals surface area (Å²) < 4.78 is 0. The summed E-state index contributed by atoms with van der Waals surface area (Å²) >= 11 is 0. The molecule has 0 spiro atoms. The van der Waals surface area contributed by atoms with E-state index in [1.165, 1.54) is 11.1 Å². The molecule has 1 N–H and O–H groups in total. The fourth-order valence-corrected chi connectivity index (χ4v) is 2.70. The zero-order chi connectivity index (χ0) is 15.3. The first-order valence-electron chi connectivity index (χ1n) is 7.49. The molecule has 3 heteroatoms. The van der Waals surface area contributed by atoms with Crippen molar-refractivity contribution in [3.05, 3.63) is 34.9 Å². The van der Waals surface area contributed by atoms with Gasteiger partial charge in [0.05, 0.1) is 6.10 Å². The van der Waals surface area contributed by atoms with Crippen molar-refractivity contribution in [3.63, 3.8) is 0 Å². The molecule has 1 aromatic rings. The Balaban J connectivity index is 2.76. The summed E-state index contributed by atoms with van der Waals surface area (Å²) in [6, 6.07) is 6.73. The van der Waals surface area contributed by atoms with E-state index in [4.69, 9.17) is 0 Å². The van der Waals surface area contributed by atoms with E-state index in [0.29, 0.717) is 12.6 Å². The number of nitrogens with zero attached hydrogens (tertiary/aromatic N) is 2. The Morgan fingerprint density at radius 1 is 1.15 bits per heavy atom. The predicted octanol–water partition coefficient (Wildman–Crippen LogP) is 2.61. The lowest BCUT2D eigenvalue weighted by Gasteiger charge is -2.32. The maximum absolute atomic E-state index is 10.6. The van der Waals surface area contributed by atoms with Gasteiger partial charge in [0.25, 0.3) is 0 Å². The van der Waals surface area contributed by atoms with Crippen LogP contribution in [0.2, 0.25) is 0 Å². The summed E-state index contributed by atoms with van der Waals surface area (Å²) in [5.74, 6) is 0. The zero-order valence-corrected chi connectivity index (χ0v) is 13.8. The van der Waals surface area contributed by atoms with Crippen molar-refractivity contribution < 1.29 is 5.11 Å². The number of benzene rings is 1. The van der Waals surface area contributed by atoms with E-state index < -0.39 is 6.10 Å². The van der Waals surface area contributed by atoms with Gasteiger partial charge in [-0.25, -0.2) is 0 Å². The molecule has 0 aromatic heterocycles. The fraction of sp³-hybridized carbons (Fsp3) is 0.647. The lowest BCUT2D eigenvalue weighted by atomic mass is 10.00. The molecule has 20 heavy (non-hydrogen) atoms. The molecule has 0 heterocycles. The van der Waals surface area contributed by atoms with Crippen molar-refractivity contribution >= 4 is 0 Å². The maximum Gasteiger partial charge on any atom is 0.0919 e. The highest BCUT2D eigenvalue weighted by Crippen LogP contribution is 2.21. The van der Waals surface area contributed by atoms with Gasteiger partial charge in [-0.15, -0.1) is 0 Å². The molecule has 0 aliphatic rings. The predicted molar refractivity (Wildman–Crippen MR) is 86.1 cm³/mol. The van der Waals surface area contributed by atoms with Crippen molar-refractivity contribution in [2.45, 2.75) is 39.8 Å². The number of aliphatic hydroxyl groups is 1. The quantitative estimate of drug-likeness (QED) is 0.830. The minimum Gasteiger partial charge on any atom is -0.387 e. The summed E-state index contributed by atoms with van der Waals surface area (Å²) in [5, 5.41) is 10.6. The molecule has 2 atom stereocenters. The molecule has 0 amide bonds. The summed E-state index contributed by atoms with van der Waals surface area (Å²) in [7, 11) is 4.18. The number of likely N-dealkylation sites (N-methyl/N-ethyl adjacent to an activating group) is 2. The fourth-order valence-electron chi connectivity index (χ4n) is 2.70. The summed E-state index contributed by atoms with van der Waals surface area (Å²) in [5.41, 5.74) is 3.42. The van der Waals surface area contributed by atoms with Crippen molar-refractivity contribution in [3.8, 4) is 0 Å². The zero-order valence-electron chi connectivity index (χ0n) is 13.8. The van der Waals surface area contributed by atoms with Gasteiger partial charge in [-0.05, 0) is 52.5 Å². The monoisotopic (exact) mass is 278 g/mol. The van der Waals surface area contributed by atoms with Crippen LogP contribution in [-0.4, -0.2) is 54.7 Å². The van der Waals surface area contributed by atoms with Crippen LogP contribution in [0.25, 0.3) is 0 Å². The SMILES string of the molecule is CCN(CC(O)c1cc(C)ccc1C)C(C)CN(C)C. The Kier molecular flexibility index (Phi) is 6.66. The minimum absolute atomic E-state index is 0.417. The molecule has 3 nitrogen and oxygen atoms in total. The molecule has 0 bridgehead atoms. The number of aliphatic hydroxyl groups excluding tert-OH is 1. The van der Waals surface area contributed by atoms with Crippen LogP contribution >= 0.6 is 0 Å². The van der Waals surface area contributed by atoms with E-state index in [1.807, 2.05) is 0 Å². The van der Waals surface area contributed by atoms with Gasteiger partial charge in [-0.2, -0.15) is 0 Å². The summed E-state index contributed by atoms with van der Waals surface area (Å²) in [6.45, 7) is 11.2. The van der Waals surface area contributed by atoms with Crippen molar-refractivity contribution in [1.82, 2.24) is 9.80 Å². The number of aryl methyl sites for hydroxylation is 2. The third-order valence-electron chi connectivity index (χ3n) is 3.86. The smallest absolute Gasteiger partial charge is 0.0919 e. The summed E-state index contributed by atoms with van der Waals surface area (Å²) in [4.78, 5) is 4.53. The first-order chi connectivity index (χ1) is 9.35. The molecule has 0 saturated heterocycles. The Morgan fingerprint density at radius 3 is 2.35 bits per heavy atom. The van der Waals surface area contributed by atoms with Gasteiger partial charge in [-0.3, -0.25) is 4.90 Å². The average molecular weight is 278 g/mol. The van der Waals surface area contributed by atoms with E-state index >= 15 is 0 Å². The third-order valence-corrected chi connectivity index (χ3v) is 3.86. The normalized spacial score (nSPS) is 14.8. The first kappa shape index (κ1) is 17.2. The van der Waals surface area contributed by atoms with E-state index in [9.17, 15) is 5.11 Å². The molecular formula is C17H30N2O. The van der Waals surface area contributed by atoms with Gasteiger partial charge in [0.2, 0.25) is 0 Å². The minimum atomic E-state index is -0.417. The van der Waals surface area contributed by atoms with Gasteiger partial charge < -0.3 is 10.0 Å². The largest absolute Gasteiger partial charge is 0.387 e. The van der Waals surface area contributed by atoms with Crippen LogP contribution in [0.3, 0.4) is 0 Å². The van der Waals surface area contributed by atoms with E-state index in [0.717, 1.165) is 18.7 Å². The molecule has 0 aliphatic carbocycles. The van der Waals surface area contributed by atoms with E-state index in [1.54, 1.807) is 0 Å². The van der Waals surface area contributed by atoms with Crippen molar-refractivity contribution in [1.29, 1.82) is 0 Å². The van der Waals surface area contributed by atoms with Crippen molar-refractivity contribution in [2.24, 2.45) is 0 Å². The highest BCUT2D eigenvalue weighted by molar-refractivity contribution is 5.32. The highest BCUT2D eigenvalue weighted by Gasteiger charge is 2.19. The van der Waals surface area contributed by atoms with Crippen LogP contribution in [0.15, 0.2) is 18.2 Å². The number of hydrogen-bond donors (Lipinski definition) is 1. The Bertz CT molecular complexity index is 417. The van der Waals surface area contributed by atoms with E-state index in [2.05, 4.69) is 69.8 Å². The molecule has 1 rings (SSSR count). The molecule has 1 aromatic carbocycles. The number of hydrogen-bond acceptors (Lipinski definition) is 3. The van der Waals surface area contributed by atoms with Crippen LogP contribution in [-0.2, 0) is 0 Å². The van der Waals surface area contributed by atoms with Crippen LogP contribution in [0, 0.1) is 13.8 Å². The third kappa shape index (κ3) is 4.89. The molecule has 0 aliphatic heterocycles. The second-order valence-corrected chi connectivity index (χ2v) is 6.07. The van der Waals surface area contributed by atoms with Crippen LogP contribution in [0.5, 0.6) is 0 Å². The molecule has 114 valence electrons. The van der Waals surface area contributed by atoms with Gasteiger partial charge in [-0.1, -0.05) is 30.7 Å².